The van der Waals surface area contributed by atoms with Crippen molar-refractivity contribution in [2.45, 2.75) is 0 Å². The van der Waals surface area contributed by atoms with E-state index in [1.165, 1.54) is 6.26 Å². The van der Waals surface area contributed by atoms with Gasteiger partial charge in [-0.25, -0.2) is 0 Å². The van der Waals surface area contributed by atoms with Crippen LogP contribution in [0.5, 0.6) is 0 Å². The predicted octanol–water partition coefficient (Wildman–Crippen LogP) is 1.08. The van der Waals surface area contributed by atoms with Crippen molar-refractivity contribution in [3.63, 3.8) is 0 Å². The smallest absolute Gasteiger partial charge is 0.144 e. The van der Waals surface area contributed by atoms with Gasteiger partial charge in [-0.05, 0) is 0 Å². The Kier molecular flexibility index (Phi) is 1.50. The van der Waals surface area contributed by atoms with Crippen LogP contribution in [0.15, 0.2) is 17.6 Å². The molecule has 0 fully saturated rings. The van der Waals surface area contributed by atoms with Gasteiger partial charge in [0.2, 0.25) is 0 Å². The molecule has 0 spiro atoms. The van der Waals surface area contributed by atoms with Crippen LogP contribution in [0.2, 0.25) is 0 Å². The molecule has 1 aliphatic rings. The van der Waals surface area contributed by atoms with Crippen LogP contribution < -0.4 is 0 Å². The molecule has 0 saturated carbocycles. The molecule has 38 valence electrons. The van der Waals surface area contributed by atoms with Gasteiger partial charge in [-0.2, -0.15) is 0 Å². The van der Waals surface area contributed by atoms with Gasteiger partial charge in [-0.3, -0.25) is 3.11 Å². The van der Waals surface area contributed by atoms with Crippen molar-refractivity contribution in [2.24, 2.45) is 5.16 Å². The summed E-state index contributed by atoms with van der Waals surface area (Å²) in [5.41, 5.74) is 0. The first-order valence-electron chi connectivity index (χ1n) is 1.70. The van der Waals surface area contributed by atoms with Crippen molar-refractivity contribution >= 4 is 29.2 Å². The highest BCUT2D eigenvalue weighted by Gasteiger charge is 1.88. The molecule has 0 saturated heterocycles. The Morgan fingerprint density at radius 1 is 1.71 bits per heavy atom. The summed E-state index contributed by atoms with van der Waals surface area (Å²) in [6, 6.07) is 0. The molecule has 0 aromatic heterocycles. The first kappa shape index (κ1) is 4.89. The molecule has 0 amide bonds. The third-order valence-corrected chi connectivity index (χ3v) is 1.05. The van der Waals surface area contributed by atoms with E-state index in [-0.39, 0.29) is 0 Å². The van der Waals surface area contributed by atoms with E-state index in [2.05, 4.69) is 32.9 Å². The number of nitrogens with zero attached hydrogens (tertiary/aromatic N) is 2. The first-order chi connectivity index (χ1) is 3.39. The molecule has 0 radical (unpaired) electrons. The molecule has 0 unspecified atom stereocenters. The molecule has 1 rings (SSSR count). The second-order valence-electron chi connectivity index (χ2n) is 0.956. The monoisotopic (exact) mass is 210 g/mol. The van der Waals surface area contributed by atoms with Crippen LogP contribution >= 0.6 is 22.9 Å². The molecule has 0 aromatic carbocycles. The molecule has 0 aromatic rings. The van der Waals surface area contributed by atoms with Crippen molar-refractivity contribution in [3.05, 3.63) is 12.5 Å². The molecule has 0 atom stereocenters. The molecular formula is C3H3IN2O. The van der Waals surface area contributed by atoms with Gasteiger partial charge in [-0.15, -0.1) is 0 Å². The molecule has 7 heavy (non-hydrogen) atoms. The van der Waals surface area contributed by atoms with E-state index in [9.17, 15) is 0 Å². The van der Waals surface area contributed by atoms with Crippen LogP contribution in [0.1, 0.15) is 0 Å². The summed E-state index contributed by atoms with van der Waals surface area (Å²) in [6.45, 7) is 0. The molecule has 1 aliphatic heterocycles. The van der Waals surface area contributed by atoms with Crippen LogP contribution in [0.4, 0.5) is 0 Å². The summed E-state index contributed by atoms with van der Waals surface area (Å²) in [4.78, 5) is 4.48. The molecule has 1 heterocycles. The maximum absolute atomic E-state index is 4.48. The summed E-state index contributed by atoms with van der Waals surface area (Å²) < 4.78 is 1.77. The number of halogens is 1. The van der Waals surface area contributed by atoms with Crippen molar-refractivity contribution in [3.8, 4) is 0 Å². The lowest BCUT2D eigenvalue weighted by Gasteiger charge is -2.03. The Morgan fingerprint density at radius 2 is 2.57 bits per heavy atom. The van der Waals surface area contributed by atoms with Gasteiger partial charge < -0.3 is 4.84 Å². The van der Waals surface area contributed by atoms with Crippen molar-refractivity contribution < 1.29 is 4.84 Å². The fourth-order valence-electron chi connectivity index (χ4n) is 0.231. The van der Waals surface area contributed by atoms with E-state index in [1.807, 2.05) is 0 Å². The summed E-state index contributed by atoms with van der Waals surface area (Å²) >= 11 is 2.07. The molecule has 0 bridgehead atoms. The lowest BCUT2D eigenvalue weighted by molar-refractivity contribution is 0.258. The number of rotatable bonds is 0. The summed E-state index contributed by atoms with van der Waals surface area (Å²) in [6.07, 6.45) is 4.83. The highest BCUT2D eigenvalue weighted by molar-refractivity contribution is 14.1. The summed E-state index contributed by atoms with van der Waals surface area (Å²) in [5.74, 6) is 0. The largest absolute Gasteiger partial charge is 0.362 e. The van der Waals surface area contributed by atoms with E-state index >= 15 is 0 Å². The quantitative estimate of drug-likeness (QED) is 0.441. The van der Waals surface area contributed by atoms with Gasteiger partial charge in [-0.1, -0.05) is 5.16 Å². The average molecular weight is 210 g/mol. The highest BCUT2D eigenvalue weighted by atomic mass is 127. The maximum atomic E-state index is 4.48. The second-order valence-corrected chi connectivity index (χ2v) is 2.07. The Morgan fingerprint density at radius 3 is 2.86 bits per heavy atom. The lowest BCUT2D eigenvalue weighted by Crippen LogP contribution is -2.01. The predicted molar refractivity (Wildman–Crippen MR) is 34.6 cm³/mol. The zero-order valence-corrected chi connectivity index (χ0v) is 5.57. The van der Waals surface area contributed by atoms with E-state index in [0.29, 0.717) is 0 Å². The van der Waals surface area contributed by atoms with Gasteiger partial charge in [0, 0.05) is 0 Å². The number of oxime groups is 1. The molecule has 3 nitrogen and oxygen atoms in total. The lowest BCUT2D eigenvalue weighted by atomic mass is 10.9. The van der Waals surface area contributed by atoms with Gasteiger partial charge in [0.1, 0.15) is 12.6 Å². The van der Waals surface area contributed by atoms with Gasteiger partial charge in [0.25, 0.3) is 0 Å². The minimum absolute atomic E-state index is 1.51. The van der Waals surface area contributed by atoms with Gasteiger partial charge in [0.05, 0.1) is 29.1 Å². The molecule has 0 N–H and O–H groups in total. The molecule has 0 aliphatic carbocycles. The van der Waals surface area contributed by atoms with Crippen LogP contribution in [0.25, 0.3) is 0 Å². The fraction of sp³-hybridized carbons (Fsp3) is 0. The molecular weight excluding hydrogens is 207 g/mol. The van der Waals surface area contributed by atoms with Crippen molar-refractivity contribution in [1.82, 2.24) is 3.11 Å². The minimum atomic E-state index is 1.51. The third kappa shape index (κ3) is 1.34. The first-order valence-corrected chi connectivity index (χ1v) is 2.66. The maximum Gasteiger partial charge on any atom is 0.144 e. The molecule has 4 heteroatoms. The average Bonchev–Trinajstić information content (AvgIpc) is 1.69. The summed E-state index contributed by atoms with van der Waals surface area (Å²) in [7, 11) is 0. The van der Waals surface area contributed by atoms with E-state index in [4.69, 9.17) is 0 Å². The Bertz CT molecular complexity index is 99.5. The van der Waals surface area contributed by atoms with E-state index in [0.717, 1.165) is 0 Å². The van der Waals surface area contributed by atoms with Crippen LogP contribution in [0.3, 0.4) is 0 Å². The van der Waals surface area contributed by atoms with Crippen LogP contribution in [-0.2, 0) is 4.84 Å². The number of hydrogen-bond donors (Lipinski definition) is 0. The second kappa shape index (κ2) is 2.15. The van der Waals surface area contributed by atoms with Crippen LogP contribution in [-0.4, -0.2) is 9.45 Å². The summed E-state index contributed by atoms with van der Waals surface area (Å²) in [5, 5.41) is 3.46. The Balaban J connectivity index is 2.49. The van der Waals surface area contributed by atoms with E-state index < -0.39 is 0 Å². The SMILES string of the molecule is IN1C=CON=C1. The normalized spacial score (nSPS) is 17.0. The Labute approximate surface area is 55.1 Å². The zero-order valence-electron chi connectivity index (χ0n) is 3.41. The van der Waals surface area contributed by atoms with Crippen molar-refractivity contribution in [1.29, 1.82) is 0 Å². The van der Waals surface area contributed by atoms with Crippen molar-refractivity contribution in [2.75, 3.05) is 0 Å². The standard InChI is InChI=1S/C3H3IN2O/c4-6-1-2-7-5-3-6/h1-3H. The van der Waals surface area contributed by atoms with Crippen LogP contribution in [0, 0.1) is 0 Å². The topological polar surface area (TPSA) is 24.8 Å². The third-order valence-electron chi connectivity index (χ3n) is 0.482. The van der Waals surface area contributed by atoms with Gasteiger partial charge in [0.15, 0.2) is 0 Å². The van der Waals surface area contributed by atoms with E-state index in [1.54, 1.807) is 15.7 Å². The fourth-order valence-corrected chi connectivity index (χ4v) is 0.464. The highest BCUT2D eigenvalue weighted by Crippen LogP contribution is 1.99. The Hall–Kier alpha value is -0.260. The van der Waals surface area contributed by atoms with Gasteiger partial charge >= 0.3 is 0 Å². The zero-order chi connectivity index (χ0) is 5.11. The number of hydrogen-bond acceptors (Lipinski definition) is 3. The minimum Gasteiger partial charge on any atom is -0.362 e.